The number of furan rings is 1. The molecule has 154 valence electrons. The zero-order valence-corrected chi connectivity index (χ0v) is 20.4. The molecule has 0 radical (unpaired) electrons. The van der Waals surface area contributed by atoms with Crippen molar-refractivity contribution in [1.29, 1.82) is 0 Å². The molecule has 0 aliphatic carbocycles. The lowest BCUT2D eigenvalue weighted by Gasteiger charge is -2.10. The number of carbonyl (C=O) groups is 1. The molecule has 0 atom stereocenters. The molecule has 2 aromatic carbocycles. The zero-order chi connectivity index (χ0) is 21.8. The summed E-state index contributed by atoms with van der Waals surface area (Å²) in [6, 6.07) is 11.8. The monoisotopic (exact) mass is 588 g/mol. The Morgan fingerprint density at radius 3 is 2.47 bits per heavy atom. The molecule has 10 heteroatoms. The van der Waals surface area contributed by atoms with E-state index in [1.54, 1.807) is 42.5 Å². The number of hydrogen-bond acceptors (Lipinski definition) is 4. The summed E-state index contributed by atoms with van der Waals surface area (Å²) in [5.41, 5.74) is 1.28. The van der Waals surface area contributed by atoms with Crippen molar-refractivity contribution in [3.63, 3.8) is 0 Å². The van der Waals surface area contributed by atoms with E-state index in [-0.39, 0.29) is 10.9 Å². The number of aromatic hydroxyl groups is 1. The molecular weight excluding hydrogens is 579 g/mol. The molecule has 0 bridgehead atoms. The molecule has 1 aromatic heterocycles. The summed E-state index contributed by atoms with van der Waals surface area (Å²) in [5, 5.41) is 16.2. The van der Waals surface area contributed by atoms with Crippen LogP contribution in [-0.2, 0) is 4.79 Å². The van der Waals surface area contributed by atoms with Crippen LogP contribution in [0.25, 0.3) is 17.4 Å². The molecule has 1 heterocycles. The number of amides is 1. The minimum atomic E-state index is -0.438. The molecule has 1 amide bonds. The number of rotatable bonds is 4. The first-order valence-corrected chi connectivity index (χ1v) is 11.0. The van der Waals surface area contributed by atoms with Crippen molar-refractivity contribution in [2.45, 2.75) is 0 Å². The van der Waals surface area contributed by atoms with Crippen molar-refractivity contribution >= 4 is 90.1 Å². The Labute approximate surface area is 204 Å². The average Bonchev–Trinajstić information content (AvgIpc) is 3.13. The highest BCUT2D eigenvalue weighted by Crippen LogP contribution is 2.35. The summed E-state index contributed by atoms with van der Waals surface area (Å²) in [6.07, 6.45) is 2.81. The van der Waals surface area contributed by atoms with Crippen molar-refractivity contribution in [3.05, 3.63) is 73.3 Å². The largest absolute Gasteiger partial charge is 0.506 e. The smallest absolute Gasteiger partial charge is 0.250 e. The van der Waals surface area contributed by atoms with Gasteiger partial charge in [0.15, 0.2) is 5.11 Å². The minimum absolute atomic E-state index is 0.0659. The van der Waals surface area contributed by atoms with E-state index in [4.69, 9.17) is 39.8 Å². The molecule has 30 heavy (non-hydrogen) atoms. The summed E-state index contributed by atoms with van der Waals surface area (Å²) in [6.45, 7) is 0. The molecule has 0 fully saturated rings. The van der Waals surface area contributed by atoms with Gasteiger partial charge in [-0.3, -0.25) is 10.1 Å². The van der Waals surface area contributed by atoms with E-state index < -0.39 is 5.91 Å². The van der Waals surface area contributed by atoms with Crippen LogP contribution in [0.15, 0.2) is 61.9 Å². The number of hydrogen-bond donors (Lipinski definition) is 3. The highest BCUT2D eigenvalue weighted by atomic mass is 79.9. The summed E-state index contributed by atoms with van der Waals surface area (Å²) < 4.78 is 6.65. The Hall–Kier alpha value is -1.84. The van der Waals surface area contributed by atoms with Gasteiger partial charge in [0.2, 0.25) is 5.91 Å². The topological polar surface area (TPSA) is 74.5 Å². The quantitative estimate of drug-likeness (QED) is 0.173. The van der Waals surface area contributed by atoms with Crippen LogP contribution >= 0.6 is 67.3 Å². The Morgan fingerprint density at radius 1 is 1.10 bits per heavy atom. The van der Waals surface area contributed by atoms with E-state index in [0.29, 0.717) is 41.8 Å². The molecule has 0 saturated carbocycles. The lowest BCUT2D eigenvalue weighted by molar-refractivity contribution is -0.115. The van der Waals surface area contributed by atoms with Gasteiger partial charge in [-0.15, -0.1) is 0 Å². The van der Waals surface area contributed by atoms with Crippen LogP contribution in [0.1, 0.15) is 5.76 Å². The fraction of sp³-hybridized carbons (Fsp3) is 0. The Balaban J connectivity index is 1.61. The van der Waals surface area contributed by atoms with Crippen molar-refractivity contribution < 1.29 is 14.3 Å². The number of carbonyl (C=O) groups excluding carboxylic acids is 1. The molecule has 3 N–H and O–H groups in total. The van der Waals surface area contributed by atoms with Gasteiger partial charge >= 0.3 is 0 Å². The highest BCUT2D eigenvalue weighted by molar-refractivity contribution is 9.11. The maximum absolute atomic E-state index is 12.1. The van der Waals surface area contributed by atoms with Gasteiger partial charge in [-0.2, -0.15) is 0 Å². The predicted octanol–water partition coefficient (Wildman–Crippen LogP) is 7.01. The fourth-order valence-corrected chi connectivity index (χ4v) is 4.29. The van der Waals surface area contributed by atoms with Crippen molar-refractivity contribution in [3.8, 4) is 17.1 Å². The highest BCUT2D eigenvalue weighted by Gasteiger charge is 2.10. The predicted molar refractivity (Wildman–Crippen MR) is 131 cm³/mol. The fourth-order valence-electron chi connectivity index (χ4n) is 2.39. The molecule has 3 aromatic rings. The van der Waals surface area contributed by atoms with E-state index in [0.717, 1.165) is 0 Å². The van der Waals surface area contributed by atoms with Gasteiger partial charge < -0.3 is 14.8 Å². The number of thiocarbonyl (C=S) groups is 1. The average molecular weight is 591 g/mol. The molecule has 0 aliphatic heterocycles. The second kappa shape index (κ2) is 9.98. The third-order valence-electron chi connectivity index (χ3n) is 3.73. The van der Waals surface area contributed by atoms with Gasteiger partial charge in [-0.05, 0) is 92.6 Å². The minimum Gasteiger partial charge on any atom is -0.506 e. The Kier molecular flexibility index (Phi) is 7.60. The van der Waals surface area contributed by atoms with Crippen LogP contribution in [-0.4, -0.2) is 16.1 Å². The number of anilines is 1. The number of halogens is 4. The first-order valence-electron chi connectivity index (χ1n) is 8.26. The standard InChI is InChI=1S/C20H12Br2Cl2N2O3S/c21-14-8-11(9-15(22)19(14)28)25-20(30)26-18(27)6-3-12-2-5-17(29-12)13-4-1-10(23)7-16(13)24/h1-9,28H,(H2,25,26,27,30)/b6-3+. The van der Waals surface area contributed by atoms with E-state index in [1.165, 1.54) is 12.2 Å². The summed E-state index contributed by atoms with van der Waals surface area (Å²) >= 11 is 23.7. The molecule has 3 rings (SSSR count). The van der Waals surface area contributed by atoms with Gasteiger partial charge in [-0.25, -0.2) is 0 Å². The van der Waals surface area contributed by atoms with E-state index >= 15 is 0 Å². The summed E-state index contributed by atoms with van der Waals surface area (Å²) in [7, 11) is 0. The normalized spacial score (nSPS) is 10.9. The van der Waals surface area contributed by atoms with Crippen LogP contribution in [0.5, 0.6) is 5.75 Å². The van der Waals surface area contributed by atoms with Crippen molar-refractivity contribution in [2.24, 2.45) is 0 Å². The van der Waals surface area contributed by atoms with Gasteiger partial charge in [0, 0.05) is 22.3 Å². The number of phenols is 1. The van der Waals surface area contributed by atoms with E-state index in [1.807, 2.05) is 0 Å². The van der Waals surface area contributed by atoms with E-state index in [9.17, 15) is 9.90 Å². The Bertz CT molecular complexity index is 1140. The maximum atomic E-state index is 12.1. The third-order valence-corrected chi connectivity index (χ3v) is 5.69. The first kappa shape index (κ1) is 22.8. The van der Waals surface area contributed by atoms with Gasteiger partial charge in [-0.1, -0.05) is 23.2 Å². The number of phenolic OH excluding ortho intramolecular Hbond substituents is 1. The van der Waals surface area contributed by atoms with Gasteiger partial charge in [0.1, 0.15) is 17.3 Å². The summed E-state index contributed by atoms with van der Waals surface area (Å²) in [5.74, 6) is 0.650. The SMILES string of the molecule is O=C(/C=C/c1ccc(-c2ccc(Cl)cc2Cl)o1)NC(=S)Nc1cc(Br)c(O)c(Br)c1. The zero-order valence-electron chi connectivity index (χ0n) is 14.9. The van der Waals surface area contributed by atoms with Crippen LogP contribution in [0.4, 0.5) is 5.69 Å². The third kappa shape index (κ3) is 5.86. The van der Waals surface area contributed by atoms with Gasteiger partial charge in [0.25, 0.3) is 0 Å². The van der Waals surface area contributed by atoms with Crippen LogP contribution in [0.3, 0.4) is 0 Å². The molecule has 0 spiro atoms. The molecule has 0 aliphatic rings. The number of nitrogens with one attached hydrogen (secondary N) is 2. The summed E-state index contributed by atoms with van der Waals surface area (Å²) in [4.78, 5) is 12.1. The van der Waals surface area contributed by atoms with Crippen LogP contribution in [0, 0.1) is 0 Å². The van der Waals surface area contributed by atoms with Crippen LogP contribution in [0.2, 0.25) is 10.0 Å². The van der Waals surface area contributed by atoms with Crippen molar-refractivity contribution in [2.75, 3.05) is 5.32 Å². The van der Waals surface area contributed by atoms with Crippen molar-refractivity contribution in [1.82, 2.24) is 5.32 Å². The molecule has 0 unspecified atom stereocenters. The molecular formula is C20H12Br2Cl2N2O3S. The molecule has 0 saturated heterocycles. The number of benzene rings is 2. The first-order chi connectivity index (χ1) is 14.2. The maximum Gasteiger partial charge on any atom is 0.250 e. The lowest BCUT2D eigenvalue weighted by atomic mass is 10.2. The Morgan fingerprint density at radius 2 is 1.80 bits per heavy atom. The second-order valence-corrected chi connectivity index (χ2v) is 8.85. The van der Waals surface area contributed by atoms with Gasteiger partial charge in [0.05, 0.1) is 14.0 Å². The molecule has 5 nitrogen and oxygen atoms in total. The van der Waals surface area contributed by atoms with Crippen LogP contribution < -0.4 is 10.6 Å². The van der Waals surface area contributed by atoms with E-state index in [2.05, 4.69) is 42.5 Å². The second-order valence-electron chi connectivity index (χ2n) is 5.89. The lowest BCUT2D eigenvalue weighted by Crippen LogP contribution is -2.32.